The molecule has 1 aromatic carbocycles. The predicted octanol–water partition coefficient (Wildman–Crippen LogP) is 2.99. The lowest BCUT2D eigenvalue weighted by atomic mass is 10.1. The van der Waals surface area contributed by atoms with Crippen LogP contribution in [0.2, 0.25) is 0 Å². The molecule has 0 aromatic heterocycles. The highest BCUT2D eigenvalue weighted by Gasteiger charge is 2.33. The number of halogens is 2. The van der Waals surface area contributed by atoms with E-state index in [9.17, 15) is 13.6 Å². The van der Waals surface area contributed by atoms with E-state index in [2.05, 4.69) is 0 Å². The Bertz CT molecular complexity index is 433. The van der Waals surface area contributed by atoms with Gasteiger partial charge in [-0.15, -0.1) is 0 Å². The number of hydrogen-bond donors (Lipinski definition) is 0. The second-order valence-electron chi connectivity index (χ2n) is 4.39. The topological polar surface area (TPSA) is 35.5 Å². The minimum Gasteiger partial charge on any atom is -0.470 e. The zero-order valence-corrected chi connectivity index (χ0v) is 10.8. The summed E-state index contributed by atoms with van der Waals surface area (Å²) in [5, 5.41) is 0. The van der Waals surface area contributed by atoms with Crippen molar-refractivity contribution in [2.75, 3.05) is 6.61 Å². The van der Waals surface area contributed by atoms with Gasteiger partial charge in [0.25, 0.3) is 0 Å². The van der Waals surface area contributed by atoms with Gasteiger partial charge in [0.1, 0.15) is 0 Å². The Balaban J connectivity index is 3.00. The zero-order valence-electron chi connectivity index (χ0n) is 10.8. The number of carbonyl (C=O) groups excluding carboxylic acids is 1. The van der Waals surface area contributed by atoms with Crippen molar-refractivity contribution in [2.24, 2.45) is 0 Å². The third-order valence-corrected chi connectivity index (χ3v) is 2.27. The van der Waals surface area contributed by atoms with Crippen LogP contribution in [0.15, 0.2) is 12.1 Å². The first-order valence-corrected chi connectivity index (χ1v) is 5.59. The lowest BCUT2D eigenvalue weighted by Crippen LogP contribution is -2.40. The van der Waals surface area contributed by atoms with Crippen molar-refractivity contribution < 1.29 is 23.0 Å². The molecule has 100 valence electrons. The Morgan fingerprint density at radius 1 is 1.28 bits per heavy atom. The SMILES string of the molecule is CCOC(=O)C(C)(C)Oc1c(F)cc(C)cc1F. The summed E-state index contributed by atoms with van der Waals surface area (Å²) in [6.45, 7) is 6.16. The van der Waals surface area contributed by atoms with Crippen LogP contribution in [0.1, 0.15) is 26.3 Å². The van der Waals surface area contributed by atoms with Gasteiger partial charge in [0, 0.05) is 0 Å². The second-order valence-corrected chi connectivity index (χ2v) is 4.39. The smallest absolute Gasteiger partial charge is 0.349 e. The Hall–Kier alpha value is -1.65. The van der Waals surface area contributed by atoms with E-state index in [4.69, 9.17) is 9.47 Å². The van der Waals surface area contributed by atoms with Gasteiger partial charge in [-0.3, -0.25) is 0 Å². The van der Waals surface area contributed by atoms with Crippen LogP contribution in [0.5, 0.6) is 5.75 Å². The molecule has 0 aliphatic carbocycles. The summed E-state index contributed by atoms with van der Waals surface area (Å²) in [5.74, 6) is -2.93. The van der Waals surface area contributed by atoms with Gasteiger partial charge >= 0.3 is 5.97 Å². The number of aryl methyl sites for hydroxylation is 1. The average Bonchev–Trinajstić information content (AvgIpc) is 2.23. The summed E-state index contributed by atoms with van der Waals surface area (Å²) in [6.07, 6.45) is 0. The summed E-state index contributed by atoms with van der Waals surface area (Å²) in [6, 6.07) is 2.28. The lowest BCUT2D eigenvalue weighted by Gasteiger charge is -2.24. The van der Waals surface area contributed by atoms with Crippen molar-refractivity contribution in [1.29, 1.82) is 0 Å². The van der Waals surface area contributed by atoms with E-state index in [-0.39, 0.29) is 6.61 Å². The maximum absolute atomic E-state index is 13.6. The van der Waals surface area contributed by atoms with E-state index in [1.165, 1.54) is 13.8 Å². The molecule has 3 nitrogen and oxygen atoms in total. The number of esters is 1. The summed E-state index contributed by atoms with van der Waals surface area (Å²) in [7, 11) is 0. The first-order chi connectivity index (χ1) is 8.27. The van der Waals surface area contributed by atoms with E-state index in [0.717, 1.165) is 12.1 Å². The van der Waals surface area contributed by atoms with Gasteiger partial charge in [0.15, 0.2) is 23.0 Å². The molecule has 0 fully saturated rings. The van der Waals surface area contributed by atoms with Crippen molar-refractivity contribution in [3.63, 3.8) is 0 Å². The molecule has 0 saturated carbocycles. The zero-order chi connectivity index (χ0) is 13.9. The molecule has 5 heteroatoms. The summed E-state index contributed by atoms with van der Waals surface area (Å²) in [4.78, 5) is 11.6. The van der Waals surface area contributed by atoms with Gasteiger partial charge in [-0.1, -0.05) is 0 Å². The van der Waals surface area contributed by atoms with E-state index in [1.807, 2.05) is 0 Å². The number of ether oxygens (including phenoxy) is 2. The highest BCUT2D eigenvalue weighted by Crippen LogP contribution is 2.27. The average molecular weight is 258 g/mol. The van der Waals surface area contributed by atoms with Crippen molar-refractivity contribution in [3.05, 3.63) is 29.3 Å². The molecule has 0 saturated heterocycles. The van der Waals surface area contributed by atoms with Gasteiger partial charge in [0.2, 0.25) is 0 Å². The lowest BCUT2D eigenvalue weighted by molar-refractivity contribution is -0.159. The number of carbonyl (C=O) groups is 1. The highest BCUT2D eigenvalue weighted by atomic mass is 19.1. The Morgan fingerprint density at radius 3 is 2.22 bits per heavy atom. The van der Waals surface area contributed by atoms with Crippen LogP contribution in [0, 0.1) is 18.6 Å². The van der Waals surface area contributed by atoms with Crippen LogP contribution in [-0.4, -0.2) is 18.2 Å². The largest absolute Gasteiger partial charge is 0.470 e. The van der Waals surface area contributed by atoms with Crippen LogP contribution < -0.4 is 4.74 Å². The molecule has 0 bridgehead atoms. The third-order valence-electron chi connectivity index (χ3n) is 2.27. The Kier molecular flexibility index (Phi) is 4.27. The molecular formula is C13H16F2O3. The Morgan fingerprint density at radius 2 is 1.78 bits per heavy atom. The fraction of sp³-hybridized carbons (Fsp3) is 0.462. The van der Waals surface area contributed by atoms with Crippen LogP contribution in [0.3, 0.4) is 0 Å². The standard InChI is InChI=1S/C13H16F2O3/c1-5-17-12(16)13(3,4)18-11-9(14)6-8(2)7-10(11)15/h6-7H,5H2,1-4H3. The van der Waals surface area contributed by atoms with E-state index in [1.54, 1.807) is 13.8 Å². The summed E-state index contributed by atoms with van der Waals surface area (Å²) >= 11 is 0. The molecule has 0 atom stereocenters. The van der Waals surface area contributed by atoms with E-state index < -0.39 is 29.0 Å². The minimum atomic E-state index is -1.45. The summed E-state index contributed by atoms with van der Waals surface area (Å²) < 4.78 is 37.0. The monoisotopic (exact) mass is 258 g/mol. The van der Waals surface area contributed by atoms with Gasteiger partial charge in [0.05, 0.1) is 6.61 Å². The molecule has 0 N–H and O–H groups in total. The third kappa shape index (κ3) is 3.18. The van der Waals surface area contributed by atoms with Crippen LogP contribution >= 0.6 is 0 Å². The first-order valence-electron chi connectivity index (χ1n) is 5.59. The quantitative estimate of drug-likeness (QED) is 0.779. The molecule has 0 unspecified atom stereocenters. The van der Waals surface area contributed by atoms with Crippen LogP contribution in [0.25, 0.3) is 0 Å². The molecule has 0 amide bonds. The van der Waals surface area contributed by atoms with E-state index >= 15 is 0 Å². The molecule has 0 spiro atoms. The maximum atomic E-state index is 13.6. The van der Waals surface area contributed by atoms with Gasteiger partial charge in [-0.05, 0) is 45.4 Å². The van der Waals surface area contributed by atoms with Crippen molar-refractivity contribution in [1.82, 2.24) is 0 Å². The molecule has 0 aliphatic rings. The first kappa shape index (κ1) is 14.4. The van der Waals surface area contributed by atoms with Gasteiger partial charge in [-0.2, -0.15) is 0 Å². The van der Waals surface area contributed by atoms with Crippen molar-refractivity contribution >= 4 is 5.97 Å². The Labute approximate surface area is 105 Å². The number of hydrogen-bond acceptors (Lipinski definition) is 3. The van der Waals surface area contributed by atoms with Crippen molar-refractivity contribution in [3.8, 4) is 5.75 Å². The number of rotatable bonds is 4. The fourth-order valence-corrected chi connectivity index (χ4v) is 1.39. The highest BCUT2D eigenvalue weighted by molar-refractivity contribution is 5.79. The normalized spacial score (nSPS) is 11.2. The molecule has 0 radical (unpaired) electrons. The van der Waals surface area contributed by atoms with Crippen LogP contribution in [0.4, 0.5) is 8.78 Å². The van der Waals surface area contributed by atoms with Crippen molar-refractivity contribution in [2.45, 2.75) is 33.3 Å². The molecule has 0 aliphatic heterocycles. The van der Waals surface area contributed by atoms with E-state index in [0.29, 0.717) is 5.56 Å². The second kappa shape index (κ2) is 5.33. The summed E-state index contributed by atoms with van der Waals surface area (Å²) in [5.41, 5.74) is -1.02. The van der Waals surface area contributed by atoms with Gasteiger partial charge < -0.3 is 9.47 Å². The molecular weight excluding hydrogens is 242 g/mol. The van der Waals surface area contributed by atoms with Crippen LogP contribution in [-0.2, 0) is 9.53 Å². The predicted molar refractivity (Wildman–Crippen MR) is 62.4 cm³/mol. The molecule has 0 heterocycles. The maximum Gasteiger partial charge on any atom is 0.349 e. The minimum absolute atomic E-state index is 0.171. The molecule has 1 rings (SSSR count). The fourth-order valence-electron chi connectivity index (χ4n) is 1.39. The van der Waals surface area contributed by atoms with Gasteiger partial charge in [-0.25, -0.2) is 13.6 Å². The number of benzene rings is 1. The molecule has 1 aromatic rings. The molecule has 18 heavy (non-hydrogen) atoms.